The molecule has 0 saturated heterocycles. The van der Waals surface area contributed by atoms with Crippen LogP contribution >= 0.6 is 0 Å². The molecule has 1 fully saturated rings. The largest absolute Gasteiger partial charge is 0.465 e. The van der Waals surface area contributed by atoms with Crippen LogP contribution in [0, 0.1) is 5.92 Å². The Hall–Kier alpha value is -1.38. The van der Waals surface area contributed by atoms with E-state index in [-0.39, 0.29) is 11.9 Å². The highest BCUT2D eigenvalue weighted by Gasteiger charge is 2.30. The Morgan fingerprint density at radius 1 is 1.53 bits per heavy atom. The number of nitrogens with zero attached hydrogens (tertiary/aromatic N) is 1. The number of carbonyl (C=O) groups excluding carboxylic acids is 1. The van der Waals surface area contributed by atoms with E-state index in [0.29, 0.717) is 6.61 Å². The first kappa shape index (κ1) is 10.1. The molecule has 3 heteroatoms. The minimum atomic E-state index is -0.0128. The smallest absolute Gasteiger partial charge is 0.308 e. The van der Waals surface area contributed by atoms with Gasteiger partial charge in [0.15, 0.2) is 0 Å². The second kappa shape index (κ2) is 4.91. The summed E-state index contributed by atoms with van der Waals surface area (Å²) in [5, 5.41) is 0. The van der Waals surface area contributed by atoms with Crippen molar-refractivity contribution >= 4 is 5.97 Å². The van der Waals surface area contributed by atoms with Crippen molar-refractivity contribution in [1.82, 2.24) is 4.98 Å². The summed E-state index contributed by atoms with van der Waals surface area (Å²) in [5.41, 5.74) is 1.19. The van der Waals surface area contributed by atoms with Crippen LogP contribution in [0.2, 0.25) is 0 Å². The Labute approximate surface area is 89.5 Å². The second-order valence-corrected chi connectivity index (χ2v) is 3.91. The monoisotopic (exact) mass is 205 g/mol. The summed E-state index contributed by atoms with van der Waals surface area (Å²) in [6.45, 7) is 0.532. The van der Waals surface area contributed by atoms with E-state index in [2.05, 4.69) is 4.98 Å². The quantitative estimate of drug-likeness (QED) is 0.545. The van der Waals surface area contributed by atoms with Crippen molar-refractivity contribution in [3.63, 3.8) is 0 Å². The van der Waals surface area contributed by atoms with E-state index >= 15 is 0 Å². The predicted octanol–water partition coefficient (Wildman–Crippen LogP) is 1.97. The van der Waals surface area contributed by atoms with Gasteiger partial charge in [-0.05, 0) is 37.3 Å². The number of aryl methyl sites for hydroxylation is 1. The van der Waals surface area contributed by atoms with E-state index < -0.39 is 0 Å². The molecule has 1 heterocycles. The molecule has 1 aliphatic carbocycles. The minimum absolute atomic E-state index is 0.0128. The molecule has 2 rings (SSSR count). The fourth-order valence-electron chi connectivity index (χ4n) is 1.43. The van der Waals surface area contributed by atoms with Crippen LogP contribution in [0.15, 0.2) is 24.5 Å². The van der Waals surface area contributed by atoms with Crippen molar-refractivity contribution in [2.24, 2.45) is 5.92 Å². The van der Waals surface area contributed by atoms with Crippen molar-refractivity contribution in [2.45, 2.75) is 25.7 Å². The third kappa shape index (κ3) is 3.35. The maximum Gasteiger partial charge on any atom is 0.308 e. The fourth-order valence-corrected chi connectivity index (χ4v) is 1.43. The molecule has 1 aliphatic rings. The molecule has 0 spiro atoms. The Balaban J connectivity index is 1.60. The first-order valence-electron chi connectivity index (χ1n) is 5.42. The van der Waals surface area contributed by atoms with Gasteiger partial charge in [0.1, 0.15) is 0 Å². The average Bonchev–Trinajstić information content (AvgIpc) is 3.09. The van der Waals surface area contributed by atoms with Crippen LogP contribution in [0.4, 0.5) is 0 Å². The van der Waals surface area contributed by atoms with Crippen LogP contribution in [0.5, 0.6) is 0 Å². The van der Waals surface area contributed by atoms with E-state index in [1.807, 2.05) is 18.3 Å². The summed E-state index contributed by atoms with van der Waals surface area (Å²) < 4.78 is 5.13. The highest BCUT2D eigenvalue weighted by molar-refractivity contribution is 5.74. The summed E-state index contributed by atoms with van der Waals surface area (Å²) in [6, 6.07) is 3.96. The molecule has 1 saturated carbocycles. The summed E-state index contributed by atoms with van der Waals surface area (Å²) in [5.74, 6) is 0.199. The van der Waals surface area contributed by atoms with Crippen molar-refractivity contribution in [3.05, 3.63) is 30.1 Å². The molecular weight excluding hydrogens is 190 g/mol. The zero-order valence-corrected chi connectivity index (χ0v) is 8.69. The van der Waals surface area contributed by atoms with Gasteiger partial charge in [-0.3, -0.25) is 9.78 Å². The number of hydrogen-bond acceptors (Lipinski definition) is 3. The SMILES string of the molecule is O=C(OCCCc1cccnc1)C1CC1. The third-order valence-electron chi connectivity index (χ3n) is 2.49. The number of rotatable bonds is 5. The third-order valence-corrected chi connectivity index (χ3v) is 2.49. The molecule has 1 aromatic heterocycles. The van der Waals surface area contributed by atoms with Gasteiger partial charge in [-0.1, -0.05) is 6.07 Å². The number of carbonyl (C=O) groups is 1. The van der Waals surface area contributed by atoms with Crippen molar-refractivity contribution in [1.29, 1.82) is 0 Å². The van der Waals surface area contributed by atoms with Gasteiger partial charge in [-0.2, -0.15) is 0 Å². The van der Waals surface area contributed by atoms with Gasteiger partial charge in [-0.15, -0.1) is 0 Å². The molecule has 1 aromatic rings. The van der Waals surface area contributed by atoms with Crippen LogP contribution in [-0.4, -0.2) is 17.6 Å². The minimum Gasteiger partial charge on any atom is -0.465 e. The number of pyridine rings is 1. The molecule has 0 atom stereocenters. The lowest BCUT2D eigenvalue weighted by Crippen LogP contribution is -2.08. The normalized spacial score (nSPS) is 14.9. The summed E-state index contributed by atoms with van der Waals surface area (Å²) >= 11 is 0. The molecule has 3 nitrogen and oxygen atoms in total. The van der Waals surface area contributed by atoms with Gasteiger partial charge >= 0.3 is 5.97 Å². The second-order valence-electron chi connectivity index (χ2n) is 3.91. The number of ether oxygens (including phenoxy) is 1. The molecule has 0 radical (unpaired) electrons. The highest BCUT2D eigenvalue weighted by atomic mass is 16.5. The van der Waals surface area contributed by atoms with E-state index in [9.17, 15) is 4.79 Å². The van der Waals surface area contributed by atoms with Gasteiger partial charge in [0.25, 0.3) is 0 Å². The van der Waals surface area contributed by atoms with Crippen LogP contribution in [-0.2, 0) is 16.0 Å². The molecule has 0 bridgehead atoms. The van der Waals surface area contributed by atoms with Crippen LogP contribution in [0.25, 0.3) is 0 Å². The number of esters is 1. The Morgan fingerprint density at radius 2 is 2.40 bits per heavy atom. The van der Waals surface area contributed by atoms with Crippen molar-refractivity contribution in [2.75, 3.05) is 6.61 Å². The van der Waals surface area contributed by atoms with E-state index in [1.54, 1.807) is 6.20 Å². The van der Waals surface area contributed by atoms with Crippen LogP contribution in [0.3, 0.4) is 0 Å². The van der Waals surface area contributed by atoms with Gasteiger partial charge in [0, 0.05) is 12.4 Å². The van der Waals surface area contributed by atoms with Gasteiger partial charge < -0.3 is 4.74 Å². The predicted molar refractivity (Wildman–Crippen MR) is 56.2 cm³/mol. The van der Waals surface area contributed by atoms with E-state index in [1.165, 1.54) is 5.56 Å². The average molecular weight is 205 g/mol. The molecule has 0 unspecified atom stereocenters. The van der Waals surface area contributed by atoms with E-state index in [4.69, 9.17) is 4.74 Å². The topological polar surface area (TPSA) is 39.2 Å². The number of aromatic nitrogens is 1. The van der Waals surface area contributed by atoms with Crippen molar-refractivity contribution in [3.8, 4) is 0 Å². The van der Waals surface area contributed by atoms with Gasteiger partial charge in [-0.25, -0.2) is 0 Å². The standard InChI is InChI=1S/C12H15NO2/c14-12(11-5-6-11)15-8-2-4-10-3-1-7-13-9-10/h1,3,7,9,11H,2,4-6,8H2. The van der Waals surface area contributed by atoms with Gasteiger partial charge in [0.2, 0.25) is 0 Å². The van der Waals surface area contributed by atoms with E-state index in [0.717, 1.165) is 25.7 Å². The summed E-state index contributed by atoms with van der Waals surface area (Å²) in [4.78, 5) is 15.2. The Kier molecular flexibility index (Phi) is 3.33. The highest BCUT2D eigenvalue weighted by Crippen LogP contribution is 2.30. The molecule has 0 amide bonds. The molecule has 80 valence electrons. The first-order valence-corrected chi connectivity index (χ1v) is 5.42. The van der Waals surface area contributed by atoms with Crippen molar-refractivity contribution < 1.29 is 9.53 Å². The number of hydrogen-bond donors (Lipinski definition) is 0. The fraction of sp³-hybridized carbons (Fsp3) is 0.500. The lowest BCUT2D eigenvalue weighted by Gasteiger charge is -2.03. The maximum absolute atomic E-state index is 11.2. The summed E-state index contributed by atoms with van der Waals surface area (Å²) in [7, 11) is 0. The maximum atomic E-state index is 11.2. The first-order chi connectivity index (χ1) is 7.36. The lowest BCUT2D eigenvalue weighted by atomic mass is 10.2. The Bertz CT molecular complexity index is 320. The molecule has 15 heavy (non-hydrogen) atoms. The molecule has 0 N–H and O–H groups in total. The molecule has 0 aromatic carbocycles. The summed E-state index contributed by atoms with van der Waals surface area (Å²) in [6.07, 6.45) is 7.44. The molecular formula is C12H15NO2. The zero-order valence-electron chi connectivity index (χ0n) is 8.69. The van der Waals surface area contributed by atoms with Crippen LogP contribution < -0.4 is 0 Å². The molecule has 0 aliphatic heterocycles. The lowest BCUT2D eigenvalue weighted by molar-refractivity contribution is -0.145. The zero-order chi connectivity index (χ0) is 10.5. The van der Waals surface area contributed by atoms with Crippen LogP contribution in [0.1, 0.15) is 24.8 Å². The van der Waals surface area contributed by atoms with Gasteiger partial charge in [0.05, 0.1) is 12.5 Å². The Morgan fingerprint density at radius 3 is 3.07 bits per heavy atom.